The first-order chi connectivity index (χ1) is 9.87. The molecule has 1 aromatic rings. The van der Waals surface area contributed by atoms with E-state index in [4.69, 9.17) is 0 Å². The fourth-order valence-corrected chi connectivity index (χ4v) is 3.60. The summed E-state index contributed by atoms with van der Waals surface area (Å²) >= 11 is 0. The van der Waals surface area contributed by atoms with Crippen molar-refractivity contribution in [1.29, 1.82) is 0 Å². The fourth-order valence-electron chi connectivity index (χ4n) is 3.60. The van der Waals surface area contributed by atoms with Crippen LogP contribution in [0.25, 0.3) is 0 Å². The molecule has 3 rings (SSSR count). The molecule has 0 saturated heterocycles. The predicted molar refractivity (Wildman–Crippen MR) is 81.7 cm³/mol. The van der Waals surface area contributed by atoms with E-state index in [1.165, 1.54) is 0 Å². The van der Waals surface area contributed by atoms with Gasteiger partial charge in [0, 0.05) is 30.0 Å². The minimum atomic E-state index is -0.0847. The summed E-state index contributed by atoms with van der Waals surface area (Å²) < 4.78 is 0. The number of benzene rings is 1. The Morgan fingerprint density at radius 2 is 1.86 bits per heavy atom. The van der Waals surface area contributed by atoms with E-state index in [9.17, 15) is 9.59 Å². The van der Waals surface area contributed by atoms with Gasteiger partial charge in [-0.1, -0.05) is 38.1 Å². The SMILES string of the molecule is Cc1ccccc1C1CC(=O)NC2=C1C(=O)CC(C)(C)C2. The van der Waals surface area contributed by atoms with E-state index in [0.717, 1.165) is 28.8 Å². The molecule has 3 nitrogen and oxygen atoms in total. The van der Waals surface area contributed by atoms with Crippen LogP contribution in [-0.2, 0) is 9.59 Å². The quantitative estimate of drug-likeness (QED) is 0.860. The van der Waals surface area contributed by atoms with E-state index in [-0.39, 0.29) is 23.0 Å². The van der Waals surface area contributed by atoms with Crippen molar-refractivity contribution in [3.05, 3.63) is 46.7 Å². The summed E-state index contributed by atoms with van der Waals surface area (Å²) in [7, 11) is 0. The lowest BCUT2D eigenvalue weighted by atomic mass is 9.69. The molecule has 0 spiro atoms. The molecule has 1 N–H and O–H groups in total. The van der Waals surface area contributed by atoms with Crippen LogP contribution in [0.15, 0.2) is 35.5 Å². The molecule has 1 amide bonds. The number of ketones is 1. The van der Waals surface area contributed by atoms with Crippen molar-refractivity contribution < 1.29 is 9.59 Å². The minimum absolute atomic E-state index is 0.0208. The molecule has 0 radical (unpaired) electrons. The number of allylic oxidation sites excluding steroid dienone is 2. The van der Waals surface area contributed by atoms with Gasteiger partial charge >= 0.3 is 0 Å². The van der Waals surface area contributed by atoms with E-state index >= 15 is 0 Å². The average molecular weight is 283 g/mol. The van der Waals surface area contributed by atoms with Crippen LogP contribution in [-0.4, -0.2) is 11.7 Å². The lowest BCUT2D eigenvalue weighted by Crippen LogP contribution is -2.40. The fraction of sp³-hybridized carbons (Fsp3) is 0.444. The number of amides is 1. The third-order valence-electron chi connectivity index (χ3n) is 4.51. The van der Waals surface area contributed by atoms with Crippen LogP contribution in [0.1, 0.15) is 50.2 Å². The first-order valence-electron chi connectivity index (χ1n) is 7.49. The van der Waals surface area contributed by atoms with Gasteiger partial charge in [-0.2, -0.15) is 0 Å². The molecule has 110 valence electrons. The Balaban J connectivity index is 2.11. The van der Waals surface area contributed by atoms with E-state index in [2.05, 4.69) is 19.2 Å². The molecule has 2 aliphatic rings. The summed E-state index contributed by atoms with van der Waals surface area (Å²) in [6.45, 7) is 6.20. The van der Waals surface area contributed by atoms with Gasteiger partial charge in [0.05, 0.1) is 0 Å². The van der Waals surface area contributed by atoms with Gasteiger partial charge in [0.1, 0.15) is 0 Å². The molecule has 0 saturated carbocycles. The average Bonchev–Trinajstić information content (AvgIpc) is 2.36. The van der Waals surface area contributed by atoms with E-state index in [1.807, 2.05) is 31.2 Å². The molecule has 21 heavy (non-hydrogen) atoms. The van der Waals surface area contributed by atoms with E-state index < -0.39 is 0 Å². The second-order valence-corrected chi connectivity index (χ2v) is 6.99. The molecule has 3 heteroatoms. The molecule has 0 bridgehead atoms. The van der Waals surface area contributed by atoms with Gasteiger partial charge < -0.3 is 5.32 Å². The topological polar surface area (TPSA) is 46.2 Å². The number of carbonyl (C=O) groups is 2. The van der Waals surface area contributed by atoms with Crippen LogP contribution in [0.2, 0.25) is 0 Å². The van der Waals surface area contributed by atoms with Crippen LogP contribution < -0.4 is 5.32 Å². The summed E-state index contributed by atoms with van der Waals surface area (Å²) in [5.74, 6) is 0.126. The number of carbonyl (C=O) groups excluding carboxylic acids is 2. The lowest BCUT2D eigenvalue weighted by Gasteiger charge is -2.38. The van der Waals surface area contributed by atoms with Gasteiger partial charge in [-0.15, -0.1) is 0 Å². The molecule has 1 aliphatic heterocycles. The summed E-state index contributed by atoms with van der Waals surface area (Å²) in [6, 6.07) is 8.05. The molecule has 0 aromatic heterocycles. The highest BCUT2D eigenvalue weighted by molar-refractivity contribution is 6.02. The van der Waals surface area contributed by atoms with Crippen molar-refractivity contribution >= 4 is 11.7 Å². The maximum absolute atomic E-state index is 12.6. The predicted octanol–water partition coefficient (Wildman–Crippen LogP) is 3.24. The Hall–Kier alpha value is -1.90. The molecule has 0 fully saturated rings. The Bertz CT molecular complexity index is 655. The van der Waals surface area contributed by atoms with Gasteiger partial charge in [0.25, 0.3) is 0 Å². The Kier molecular flexibility index (Phi) is 3.23. The number of hydrogen-bond acceptors (Lipinski definition) is 2. The van der Waals surface area contributed by atoms with Crippen LogP contribution >= 0.6 is 0 Å². The zero-order valence-corrected chi connectivity index (χ0v) is 12.8. The Morgan fingerprint density at radius 3 is 2.57 bits per heavy atom. The van der Waals surface area contributed by atoms with Crippen molar-refractivity contribution in [3.8, 4) is 0 Å². The number of aryl methyl sites for hydroxylation is 1. The third kappa shape index (κ3) is 2.53. The molecule has 1 atom stereocenters. The summed E-state index contributed by atoms with van der Waals surface area (Å²) in [6.07, 6.45) is 1.70. The maximum atomic E-state index is 12.6. The van der Waals surface area contributed by atoms with Gasteiger partial charge in [-0.3, -0.25) is 9.59 Å². The highest BCUT2D eigenvalue weighted by Gasteiger charge is 2.40. The number of hydrogen-bond donors (Lipinski definition) is 1. The maximum Gasteiger partial charge on any atom is 0.225 e. The van der Waals surface area contributed by atoms with Crippen LogP contribution in [0, 0.1) is 12.3 Å². The number of nitrogens with one attached hydrogen (secondary N) is 1. The zero-order chi connectivity index (χ0) is 15.2. The van der Waals surface area contributed by atoms with E-state index in [0.29, 0.717) is 12.8 Å². The summed E-state index contributed by atoms with van der Waals surface area (Å²) in [5.41, 5.74) is 3.86. The first-order valence-corrected chi connectivity index (χ1v) is 7.49. The highest BCUT2D eigenvalue weighted by atomic mass is 16.2. The Labute approximate surface area is 125 Å². The molecular weight excluding hydrogens is 262 g/mol. The van der Waals surface area contributed by atoms with Crippen LogP contribution in [0.4, 0.5) is 0 Å². The monoisotopic (exact) mass is 283 g/mol. The molecule has 1 unspecified atom stereocenters. The normalized spacial score (nSPS) is 24.6. The molecular formula is C18H21NO2. The van der Waals surface area contributed by atoms with Crippen LogP contribution in [0.3, 0.4) is 0 Å². The van der Waals surface area contributed by atoms with Crippen molar-refractivity contribution in [2.45, 2.75) is 46.0 Å². The smallest absolute Gasteiger partial charge is 0.225 e. The third-order valence-corrected chi connectivity index (χ3v) is 4.51. The second-order valence-electron chi connectivity index (χ2n) is 6.99. The summed E-state index contributed by atoms with van der Waals surface area (Å²) in [5, 5.41) is 2.94. The molecule has 1 aliphatic carbocycles. The van der Waals surface area contributed by atoms with Crippen molar-refractivity contribution in [2.24, 2.45) is 5.41 Å². The van der Waals surface area contributed by atoms with Gasteiger partial charge in [-0.25, -0.2) is 0 Å². The standard InChI is InChI=1S/C18H21NO2/c1-11-6-4-5-7-12(11)13-8-16(21)19-14-9-18(2,3)10-15(20)17(13)14/h4-7,13H,8-10H2,1-3H3,(H,19,21). The second kappa shape index (κ2) is 4.83. The van der Waals surface area contributed by atoms with Crippen molar-refractivity contribution in [1.82, 2.24) is 5.32 Å². The van der Waals surface area contributed by atoms with Gasteiger partial charge in [-0.05, 0) is 29.9 Å². The molecule has 1 aromatic carbocycles. The number of Topliss-reactive ketones (excluding diaryl/α,β-unsaturated/α-hetero) is 1. The lowest BCUT2D eigenvalue weighted by molar-refractivity contribution is -0.122. The minimum Gasteiger partial charge on any atom is -0.329 e. The number of rotatable bonds is 1. The van der Waals surface area contributed by atoms with Gasteiger partial charge in [0.2, 0.25) is 5.91 Å². The molecule has 1 heterocycles. The first kappa shape index (κ1) is 14.1. The Morgan fingerprint density at radius 1 is 1.14 bits per heavy atom. The van der Waals surface area contributed by atoms with Crippen LogP contribution in [0.5, 0.6) is 0 Å². The van der Waals surface area contributed by atoms with E-state index in [1.54, 1.807) is 0 Å². The van der Waals surface area contributed by atoms with Crippen molar-refractivity contribution in [2.75, 3.05) is 0 Å². The largest absolute Gasteiger partial charge is 0.329 e. The highest BCUT2D eigenvalue weighted by Crippen LogP contribution is 2.44. The van der Waals surface area contributed by atoms with Gasteiger partial charge in [0.15, 0.2) is 5.78 Å². The van der Waals surface area contributed by atoms with Crippen molar-refractivity contribution in [3.63, 3.8) is 0 Å². The summed E-state index contributed by atoms with van der Waals surface area (Å²) in [4.78, 5) is 24.7. The zero-order valence-electron chi connectivity index (χ0n) is 12.8.